The maximum absolute atomic E-state index is 5.73. The van der Waals surface area contributed by atoms with Gasteiger partial charge in [-0.05, 0) is 43.6 Å². The van der Waals surface area contributed by atoms with Gasteiger partial charge in [-0.25, -0.2) is 0 Å². The van der Waals surface area contributed by atoms with E-state index in [2.05, 4.69) is 30.6 Å². The summed E-state index contributed by atoms with van der Waals surface area (Å²) in [5.74, 6) is 4.02. The highest BCUT2D eigenvalue weighted by Crippen LogP contribution is 2.25. The lowest BCUT2D eigenvalue weighted by Crippen LogP contribution is -2.25. The summed E-state index contributed by atoms with van der Waals surface area (Å²) in [6, 6.07) is 4.88. The van der Waals surface area contributed by atoms with E-state index in [1.165, 1.54) is 19.3 Å². The first-order valence-corrected chi connectivity index (χ1v) is 7.47. The molecule has 0 aromatic carbocycles. The molecule has 16 heavy (non-hydrogen) atoms. The van der Waals surface area contributed by atoms with Crippen LogP contribution in [0.25, 0.3) is 0 Å². The van der Waals surface area contributed by atoms with Crippen LogP contribution in [0.1, 0.15) is 37.7 Å². The molecule has 1 fully saturated rings. The third-order valence-corrected chi connectivity index (χ3v) is 3.84. The Hall–Kier alpha value is -0.410. The molecule has 1 heterocycles. The molecule has 2 atom stereocenters. The van der Waals surface area contributed by atoms with Crippen LogP contribution in [0, 0.1) is 5.92 Å². The second kappa shape index (κ2) is 5.78. The summed E-state index contributed by atoms with van der Waals surface area (Å²) >= 11 is 1.80. The van der Waals surface area contributed by atoms with E-state index < -0.39 is 0 Å². The molecule has 90 valence electrons. The lowest BCUT2D eigenvalue weighted by atomic mass is 10.1. The summed E-state index contributed by atoms with van der Waals surface area (Å²) in [5, 5.41) is 3.58. The Morgan fingerprint density at radius 3 is 2.88 bits per heavy atom. The Kier molecular flexibility index (Phi) is 4.36. The molecule has 1 aliphatic carbocycles. The van der Waals surface area contributed by atoms with E-state index in [1.54, 1.807) is 11.8 Å². The molecule has 0 bridgehead atoms. The van der Waals surface area contributed by atoms with Gasteiger partial charge in [0.15, 0.2) is 0 Å². The van der Waals surface area contributed by atoms with Crippen molar-refractivity contribution in [3.8, 4) is 0 Å². The van der Waals surface area contributed by atoms with Crippen LogP contribution in [0.3, 0.4) is 0 Å². The average molecular weight is 239 g/mol. The second-order valence-corrected chi connectivity index (χ2v) is 5.66. The van der Waals surface area contributed by atoms with Gasteiger partial charge in [0.1, 0.15) is 11.5 Å². The van der Waals surface area contributed by atoms with Gasteiger partial charge in [0.25, 0.3) is 0 Å². The zero-order valence-corrected chi connectivity index (χ0v) is 11.0. The fourth-order valence-electron chi connectivity index (χ4n) is 2.37. The summed E-state index contributed by atoms with van der Waals surface area (Å²) in [6.45, 7) is 3.22. The minimum absolute atomic E-state index is 0.698. The van der Waals surface area contributed by atoms with Crippen LogP contribution in [-0.2, 0) is 12.3 Å². The summed E-state index contributed by atoms with van der Waals surface area (Å²) in [6.07, 6.45) is 6.10. The zero-order chi connectivity index (χ0) is 11.4. The van der Waals surface area contributed by atoms with Gasteiger partial charge >= 0.3 is 0 Å². The molecule has 2 rings (SSSR count). The van der Waals surface area contributed by atoms with Crippen LogP contribution in [-0.4, -0.2) is 12.3 Å². The van der Waals surface area contributed by atoms with E-state index in [1.807, 2.05) is 0 Å². The maximum Gasteiger partial charge on any atom is 0.118 e. The number of hydrogen-bond acceptors (Lipinski definition) is 3. The molecular weight excluding hydrogens is 218 g/mol. The second-order valence-electron chi connectivity index (χ2n) is 4.80. The van der Waals surface area contributed by atoms with Crippen molar-refractivity contribution in [2.24, 2.45) is 5.92 Å². The smallest absolute Gasteiger partial charge is 0.118 e. The molecule has 0 spiro atoms. The molecule has 0 saturated heterocycles. The molecule has 3 heteroatoms. The van der Waals surface area contributed by atoms with Crippen LogP contribution in [0.2, 0.25) is 0 Å². The SMILES string of the molecule is CSCc1ccc(CNC2CCC(C)C2)o1. The van der Waals surface area contributed by atoms with E-state index in [0.717, 1.165) is 29.7 Å². The largest absolute Gasteiger partial charge is 0.464 e. The van der Waals surface area contributed by atoms with Crippen LogP contribution >= 0.6 is 11.8 Å². The molecule has 1 aromatic rings. The topological polar surface area (TPSA) is 25.2 Å². The lowest BCUT2D eigenvalue weighted by Gasteiger charge is -2.10. The Labute approximate surface area is 102 Å². The van der Waals surface area contributed by atoms with Gasteiger partial charge < -0.3 is 9.73 Å². The molecule has 0 amide bonds. The first-order chi connectivity index (χ1) is 7.78. The Bertz CT molecular complexity index is 323. The van der Waals surface area contributed by atoms with Crippen molar-refractivity contribution in [1.82, 2.24) is 5.32 Å². The van der Waals surface area contributed by atoms with Gasteiger partial charge in [-0.1, -0.05) is 6.92 Å². The number of rotatable bonds is 5. The van der Waals surface area contributed by atoms with Gasteiger partial charge in [0.05, 0.1) is 12.3 Å². The Balaban J connectivity index is 1.76. The Morgan fingerprint density at radius 1 is 1.38 bits per heavy atom. The fourth-order valence-corrected chi connectivity index (χ4v) is 2.81. The molecular formula is C13H21NOS. The first-order valence-electron chi connectivity index (χ1n) is 6.08. The van der Waals surface area contributed by atoms with Crippen molar-refractivity contribution in [2.45, 2.75) is 44.5 Å². The molecule has 1 saturated carbocycles. The van der Waals surface area contributed by atoms with Crippen LogP contribution in [0.15, 0.2) is 16.5 Å². The first kappa shape index (κ1) is 12.1. The normalized spacial score (nSPS) is 25.1. The molecule has 2 nitrogen and oxygen atoms in total. The Morgan fingerprint density at radius 2 is 2.19 bits per heavy atom. The molecule has 0 radical (unpaired) electrons. The summed E-state index contributed by atoms with van der Waals surface area (Å²) in [4.78, 5) is 0. The standard InChI is InChI=1S/C13H21NOS/c1-10-3-4-11(7-10)14-8-12-5-6-13(15-12)9-16-2/h5-6,10-11,14H,3-4,7-9H2,1-2H3. The number of thioether (sulfide) groups is 1. The molecule has 2 unspecified atom stereocenters. The van der Waals surface area contributed by atoms with E-state index in [4.69, 9.17) is 4.42 Å². The van der Waals surface area contributed by atoms with Crippen molar-refractivity contribution < 1.29 is 4.42 Å². The lowest BCUT2D eigenvalue weighted by molar-refractivity contribution is 0.426. The van der Waals surface area contributed by atoms with Gasteiger partial charge in [0, 0.05) is 6.04 Å². The van der Waals surface area contributed by atoms with E-state index in [0.29, 0.717) is 6.04 Å². The predicted octanol–water partition coefficient (Wildman–Crippen LogP) is 3.42. The van der Waals surface area contributed by atoms with E-state index in [-0.39, 0.29) is 0 Å². The van der Waals surface area contributed by atoms with Gasteiger partial charge in [-0.2, -0.15) is 11.8 Å². The van der Waals surface area contributed by atoms with Crippen molar-refractivity contribution >= 4 is 11.8 Å². The van der Waals surface area contributed by atoms with Gasteiger partial charge in [-0.15, -0.1) is 0 Å². The minimum atomic E-state index is 0.698. The summed E-state index contributed by atoms with van der Waals surface area (Å²) in [7, 11) is 0. The highest BCUT2D eigenvalue weighted by atomic mass is 32.2. The highest BCUT2D eigenvalue weighted by Gasteiger charge is 2.20. The zero-order valence-electron chi connectivity index (χ0n) is 10.2. The minimum Gasteiger partial charge on any atom is -0.464 e. The molecule has 1 aliphatic rings. The van der Waals surface area contributed by atoms with Crippen LogP contribution in [0.5, 0.6) is 0 Å². The fraction of sp³-hybridized carbons (Fsp3) is 0.692. The molecule has 0 aliphatic heterocycles. The van der Waals surface area contributed by atoms with E-state index in [9.17, 15) is 0 Å². The van der Waals surface area contributed by atoms with Crippen LogP contribution < -0.4 is 5.32 Å². The van der Waals surface area contributed by atoms with Crippen molar-refractivity contribution in [1.29, 1.82) is 0 Å². The van der Waals surface area contributed by atoms with Crippen molar-refractivity contribution in [2.75, 3.05) is 6.26 Å². The number of furan rings is 1. The van der Waals surface area contributed by atoms with Crippen molar-refractivity contribution in [3.05, 3.63) is 23.7 Å². The summed E-state index contributed by atoms with van der Waals surface area (Å²) in [5.41, 5.74) is 0. The number of nitrogens with one attached hydrogen (secondary N) is 1. The third kappa shape index (κ3) is 3.29. The van der Waals surface area contributed by atoms with Crippen molar-refractivity contribution in [3.63, 3.8) is 0 Å². The van der Waals surface area contributed by atoms with Gasteiger partial charge in [0.2, 0.25) is 0 Å². The maximum atomic E-state index is 5.73. The highest BCUT2D eigenvalue weighted by molar-refractivity contribution is 7.97. The van der Waals surface area contributed by atoms with Gasteiger partial charge in [-0.3, -0.25) is 0 Å². The average Bonchev–Trinajstić information content (AvgIpc) is 2.85. The van der Waals surface area contributed by atoms with Crippen LogP contribution in [0.4, 0.5) is 0 Å². The third-order valence-electron chi connectivity index (χ3n) is 3.26. The number of hydrogen-bond donors (Lipinski definition) is 1. The van der Waals surface area contributed by atoms with E-state index >= 15 is 0 Å². The summed E-state index contributed by atoms with van der Waals surface area (Å²) < 4.78 is 5.73. The molecule has 1 N–H and O–H groups in total. The monoisotopic (exact) mass is 239 g/mol. The predicted molar refractivity (Wildman–Crippen MR) is 69.6 cm³/mol. The quantitative estimate of drug-likeness (QED) is 0.852. The molecule has 1 aromatic heterocycles.